The Balaban J connectivity index is 0. The monoisotopic (exact) mass is 342 g/mol. The Hall–Kier alpha value is -0.910. The van der Waals surface area contributed by atoms with E-state index in [1.165, 1.54) is 17.9 Å². The largest absolute Gasteiger partial charge is 1.00 e. The van der Waals surface area contributed by atoms with E-state index < -0.39 is 24.8 Å². The first-order valence-corrected chi connectivity index (χ1v) is 5.74. The number of rotatable bonds is 3. The van der Waals surface area contributed by atoms with Gasteiger partial charge in [0.15, 0.2) is 5.65 Å². The Morgan fingerprint density at radius 2 is 1.57 bits per heavy atom. The van der Waals surface area contributed by atoms with Crippen molar-refractivity contribution in [3.8, 4) is 0 Å². The second-order valence-corrected chi connectivity index (χ2v) is 4.05. The second kappa shape index (κ2) is 10.8. The molecule has 0 fully saturated rings. The van der Waals surface area contributed by atoms with Crippen molar-refractivity contribution in [2.24, 2.45) is 14.1 Å². The van der Waals surface area contributed by atoms with Crippen LogP contribution >= 0.6 is 0 Å². The summed E-state index contributed by atoms with van der Waals surface area (Å²) in [5.74, 6) is -2.73. The van der Waals surface area contributed by atoms with Gasteiger partial charge in [0.1, 0.15) is 5.52 Å². The molecule has 2 aromatic heterocycles. The predicted molar refractivity (Wildman–Crippen MR) is 65.8 cm³/mol. The van der Waals surface area contributed by atoms with Gasteiger partial charge in [-0.05, 0) is 12.8 Å². The number of carbonyl (C=O) groups excluding carboxylic acids is 2. The number of H-pyrrole nitrogens is 1. The molecular formula is C11H12N4Na2O6. The van der Waals surface area contributed by atoms with Gasteiger partial charge in [0, 0.05) is 26.0 Å². The maximum Gasteiger partial charge on any atom is 1.00 e. The Labute approximate surface area is 174 Å². The van der Waals surface area contributed by atoms with Crippen LogP contribution in [0.1, 0.15) is 12.8 Å². The number of hydrogen-bond donors (Lipinski definition) is 1. The number of imidazole rings is 1. The molecule has 0 spiro atoms. The first-order valence-electron chi connectivity index (χ1n) is 5.74. The molecule has 0 aromatic carbocycles. The number of carboxylic acids is 2. The molecule has 2 rings (SSSR count). The van der Waals surface area contributed by atoms with Crippen LogP contribution in [0.25, 0.3) is 11.2 Å². The van der Waals surface area contributed by atoms with Crippen LogP contribution in [-0.2, 0) is 23.7 Å². The fraction of sp³-hybridized carbons (Fsp3) is 0.364. The predicted octanol–water partition coefficient (Wildman–Crippen LogP) is -9.77. The fourth-order valence-electron chi connectivity index (χ4n) is 1.47. The van der Waals surface area contributed by atoms with Crippen molar-refractivity contribution in [1.29, 1.82) is 0 Å². The zero-order valence-electron chi connectivity index (χ0n) is 13.3. The Morgan fingerprint density at radius 3 is 2.00 bits per heavy atom. The summed E-state index contributed by atoms with van der Waals surface area (Å²) in [6, 6.07) is 0. The average molecular weight is 342 g/mol. The summed E-state index contributed by atoms with van der Waals surface area (Å²) in [5.41, 5.74) is 0.0119. The molecule has 1 N–H and O–H groups in total. The summed E-state index contributed by atoms with van der Waals surface area (Å²) >= 11 is 0. The van der Waals surface area contributed by atoms with Crippen LogP contribution in [0.2, 0.25) is 0 Å². The van der Waals surface area contributed by atoms with Crippen LogP contribution in [0.15, 0.2) is 15.9 Å². The van der Waals surface area contributed by atoms with Gasteiger partial charge < -0.3 is 24.8 Å². The summed E-state index contributed by atoms with van der Waals surface area (Å²) in [5, 5.41) is 19.0. The van der Waals surface area contributed by atoms with E-state index in [0.717, 1.165) is 4.57 Å². The Kier molecular flexibility index (Phi) is 11.4. The molecule has 10 nitrogen and oxygen atoms in total. The van der Waals surface area contributed by atoms with E-state index in [4.69, 9.17) is 0 Å². The van der Waals surface area contributed by atoms with Gasteiger partial charge >= 0.3 is 64.8 Å². The second-order valence-electron chi connectivity index (χ2n) is 4.05. The first-order chi connectivity index (χ1) is 9.75. The van der Waals surface area contributed by atoms with E-state index in [2.05, 4.69) is 9.97 Å². The van der Waals surface area contributed by atoms with E-state index in [-0.39, 0.29) is 70.4 Å². The van der Waals surface area contributed by atoms with Crippen molar-refractivity contribution in [2.45, 2.75) is 12.8 Å². The topological polar surface area (TPSA) is 153 Å². The van der Waals surface area contributed by atoms with Crippen molar-refractivity contribution in [2.75, 3.05) is 0 Å². The standard InChI is InChI=1S/C7H8N4O2.C4H6O4.2Na/c1-10-5-4(8-3-9-5)6(12)11(2)7(10)13;5-3(6)1-2-4(7)8;;/h3H,1-2H3,(H,8,9);1-2H2,(H,5,6)(H,7,8);;/q;;2*+1/p-2. The van der Waals surface area contributed by atoms with E-state index in [0.29, 0.717) is 11.2 Å². The molecule has 114 valence electrons. The molecule has 0 aliphatic heterocycles. The molecule has 0 amide bonds. The third-order valence-electron chi connectivity index (χ3n) is 2.56. The van der Waals surface area contributed by atoms with Gasteiger partial charge in [-0.15, -0.1) is 0 Å². The molecule has 2 aromatic rings. The van der Waals surface area contributed by atoms with Crippen LogP contribution in [0.3, 0.4) is 0 Å². The number of nitrogens with zero attached hydrogens (tertiary/aromatic N) is 3. The van der Waals surface area contributed by atoms with Gasteiger partial charge in [0.25, 0.3) is 5.56 Å². The summed E-state index contributed by atoms with van der Waals surface area (Å²) < 4.78 is 2.37. The SMILES string of the molecule is Cn1c(=O)c2[nH]cnc2n(C)c1=O.O=C([O-])CCC(=O)[O-].[Na+].[Na+]. The van der Waals surface area contributed by atoms with E-state index in [1.54, 1.807) is 7.05 Å². The first kappa shape index (κ1) is 24.3. The van der Waals surface area contributed by atoms with E-state index in [1.807, 2.05) is 0 Å². The van der Waals surface area contributed by atoms with Gasteiger partial charge in [-0.1, -0.05) is 0 Å². The van der Waals surface area contributed by atoms with E-state index in [9.17, 15) is 29.4 Å². The summed E-state index contributed by atoms with van der Waals surface area (Å²) in [6.45, 7) is 0. The number of hydrogen-bond acceptors (Lipinski definition) is 7. The normalized spacial score (nSPS) is 9.13. The molecule has 0 atom stereocenters. The van der Waals surface area contributed by atoms with Crippen LogP contribution in [0.4, 0.5) is 0 Å². The quantitative estimate of drug-likeness (QED) is 0.543. The number of carboxylic acid groups (broad SMARTS) is 2. The van der Waals surface area contributed by atoms with Gasteiger partial charge in [0.05, 0.1) is 6.33 Å². The van der Waals surface area contributed by atoms with Crippen LogP contribution in [-0.4, -0.2) is 31.0 Å². The average Bonchev–Trinajstić information content (AvgIpc) is 2.91. The van der Waals surface area contributed by atoms with Crippen molar-refractivity contribution in [1.82, 2.24) is 19.1 Å². The molecule has 0 aliphatic carbocycles. The molecule has 0 bridgehead atoms. The molecule has 0 saturated heterocycles. The van der Waals surface area contributed by atoms with Gasteiger partial charge in [-0.2, -0.15) is 0 Å². The van der Waals surface area contributed by atoms with Gasteiger partial charge in [-0.3, -0.25) is 13.9 Å². The van der Waals surface area contributed by atoms with Gasteiger partial charge in [-0.25, -0.2) is 9.78 Å². The Bertz CT molecular complexity index is 780. The maximum absolute atomic E-state index is 11.4. The maximum atomic E-state index is 11.4. The molecule has 0 unspecified atom stereocenters. The number of aromatic amines is 1. The zero-order chi connectivity index (χ0) is 16.2. The summed E-state index contributed by atoms with van der Waals surface area (Å²) in [7, 11) is 3.01. The molecule has 0 saturated carbocycles. The minimum Gasteiger partial charge on any atom is -0.550 e. The molecule has 0 aliphatic rings. The number of carbonyl (C=O) groups is 2. The molecule has 12 heteroatoms. The van der Waals surface area contributed by atoms with Gasteiger partial charge in [0.2, 0.25) is 0 Å². The summed E-state index contributed by atoms with van der Waals surface area (Å²) in [6.07, 6.45) is 0.455. The molecule has 0 radical (unpaired) electrons. The minimum atomic E-state index is -1.37. The molecule has 2 heterocycles. The number of fused-ring (bicyclic) bond motifs is 1. The third-order valence-corrected chi connectivity index (χ3v) is 2.56. The van der Waals surface area contributed by atoms with Crippen molar-refractivity contribution in [3.05, 3.63) is 27.2 Å². The van der Waals surface area contributed by atoms with Crippen molar-refractivity contribution < 1.29 is 78.9 Å². The minimum absolute atomic E-state index is 0. The fourth-order valence-corrected chi connectivity index (χ4v) is 1.47. The number of nitrogens with one attached hydrogen (secondary N) is 1. The Morgan fingerprint density at radius 1 is 1.09 bits per heavy atom. The number of aryl methyl sites for hydroxylation is 1. The van der Waals surface area contributed by atoms with Crippen molar-refractivity contribution >= 4 is 23.1 Å². The van der Waals surface area contributed by atoms with Crippen LogP contribution in [0, 0.1) is 0 Å². The summed E-state index contributed by atoms with van der Waals surface area (Å²) in [4.78, 5) is 48.4. The number of aromatic nitrogens is 4. The van der Waals surface area contributed by atoms with Crippen LogP contribution < -0.4 is 80.6 Å². The van der Waals surface area contributed by atoms with Crippen LogP contribution in [0.5, 0.6) is 0 Å². The smallest absolute Gasteiger partial charge is 0.550 e. The third kappa shape index (κ3) is 6.61. The van der Waals surface area contributed by atoms with E-state index >= 15 is 0 Å². The van der Waals surface area contributed by atoms with Crippen molar-refractivity contribution in [3.63, 3.8) is 0 Å². The molecule has 23 heavy (non-hydrogen) atoms. The molecular weight excluding hydrogens is 330 g/mol. The zero-order valence-corrected chi connectivity index (χ0v) is 17.3. The number of aliphatic carboxylic acids is 2.